The van der Waals surface area contributed by atoms with Crippen molar-refractivity contribution in [2.24, 2.45) is 0 Å². The topological polar surface area (TPSA) is 27.0 Å². The van der Waals surface area contributed by atoms with Crippen LogP contribution in [0.1, 0.15) is 50.8 Å². The van der Waals surface area contributed by atoms with E-state index in [9.17, 15) is 0 Å². The highest BCUT2D eigenvalue weighted by Crippen LogP contribution is 2.27. The van der Waals surface area contributed by atoms with Gasteiger partial charge >= 0.3 is 0 Å². The van der Waals surface area contributed by atoms with Gasteiger partial charge in [0, 0.05) is 24.7 Å². The number of benzene rings is 1. The molecule has 0 radical (unpaired) electrons. The Morgan fingerprint density at radius 2 is 1.95 bits per heavy atom. The maximum atomic E-state index is 8.96. The summed E-state index contributed by atoms with van der Waals surface area (Å²) in [6.45, 7) is 14.7. The summed E-state index contributed by atoms with van der Waals surface area (Å²) in [5, 5.41) is 9.78. The summed E-state index contributed by atoms with van der Waals surface area (Å²) in [5.74, 6) is 0. The van der Waals surface area contributed by atoms with Gasteiger partial charge in [0.1, 0.15) is 0 Å². The number of hydrogen-bond donors (Lipinski definition) is 0. The molecule has 0 atom stereocenters. The number of rotatable bonds is 4. The minimum atomic E-state index is 0.729. The number of nitrogens with zero attached hydrogens (tertiary/aromatic N) is 2. The van der Waals surface area contributed by atoms with Gasteiger partial charge in [-0.2, -0.15) is 5.26 Å². The summed E-state index contributed by atoms with van der Waals surface area (Å²) < 4.78 is 0. The number of fused-ring (bicyclic) bond motifs is 1. The molecular formula is C19H25ClN2. The highest BCUT2D eigenvalue weighted by molar-refractivity contribution is 6.29. The molecule has 0 spiro atoms. The van der Waals surface area contributed by atoms with Gasteiger partial charge in [-0.15, -0.1) is 0 Å². The van der Waals surface area contributed by atoms with Gasteiger partial charge in [0.15, 0.2) is 0 Å². The summed E-state index contributed by atoms with van der Waals surface area (Å²) in [6.07, 6.45) is 0.915. The highest BCUT2D eigenvalue weighted by atomic mass is 35.5. The van der Waals surface area contributed by atoms with Crippen molar-refractivity contribution < 1.29 is 0 Å². The highest BCUT2D eigenvalue weighted by Gasteiger charge is 2.21. The van der Waals surface area contributed by atoms with Crippen LogP contribution >= 0.6 is 11.6 Å². The van der Waals surface area contributed by atoms with Crippen LogP contribution in [0, 0.1) is 11.3 Å². The Morgan fingerprint density at radius 1 is 1.32 bits per heavy atom. The first-order valence-electron chi connectivity index (χ1n) is 7.82. The molecule has 1 aromatic carbocycles. The molecule has 1 aliphatic heterocycles. The van der Waals surface area contributed by atoms with E-state index < -0.39 is 0 Å². The Labute approximate surface area is 139 Å². The standard InChI is InChI=1S/C17H19ClN2.C2H6/c1-4-12(2)17(13(3)18)11-20-9-15-6-5-14(8-19)7-16(15)10-20;1-2/h5-7H,2,4,9-11H2,1,3H3;1-2H3/b17-13+;. The van der Waals surface area contributed by atoms with Crippen molar-refractivity contribution in [3.8, 4) is 6.07 Å². The van der Waals surface area contributed by atoms with Crippen LogP contribution in [0.4, 0.5) is 0 Å². The first-order valence-corrected chi connectivity index (χ1v) is 8.20. The predicted octanol–water partition coefficient (Wildman–Crippen LogP) is 5.38. The van der Waals surface area contributed by atoms with Gasteiger partial charge in [0.25, 0.3) is 0 Å². The molecule has 0 aliphatic carbocycles. The Hall–Kier alpha value is -1.56. The second-order valence-electron chi connectivity index (χ2n) is 5.21. The summed E-state index contributed by atoms with van der Waals surface area (Å²) in [4.78, 5) is 2.34. The lowest BCUT2D eigenvalue weighted by atomic mass is 10.0. The molecule has 0 N–H and O–H groups in total. The summed E-state index contributed by atoms with van der Waals surface area (Å²) >= 11 is 6.20. The molecule has 22 heavy (non-hydrogen) atoms. The van der Waals surface area contributed by atoms with Crippen LogP contribution in [0.2, 0.25) is 0 Å². The van der Waals surface area contributed by atoms with Crippen LogP contribution in [0.3, 0.4) is 0 Å². The first-order chi connectivity index (χ1) is 10.5. The van der Waals surface area contributed by atoms with Crippen molar-refractivity contribution in [2.75, 3.05) is 6.54 Å². The van der Waals surface area contributed by atoms with Gasteiger partial charge in [0.2, 0.25) is 0 Å². The molecule has 1 heterocycles. The third-order valence-electron chi connectivity index (χ3n) is 3.77. The van der Waals surface area contributed by atoms with E-state index in [0.717, 1.165) is 47.8 Å². The predicted molar refractivity (Wildman–Crippen MR) is 94.6 cm³/mol. The molecule has 1 aromatic rings. The lowest BCUT2D eigenvalue weighted by molar-refractivity contribution is 0.310. The zero-order chi connectivity index (χ0) is 16.7. The largest absolute Gasteiger partial charge is 0.291 e. The van der Waals surface area contributed by atoms with E-state index in [4.69, 9.17) is 16.9 Å². The Balaban J connectivity index is 0.00000116. The summed E-state index contributed by atoms with van der Waals surface area (Å²) in [5.41, 5.74) is 5.52. The Morgan fingerprint density at radius 3 is 2.50 bits per heavy atom. The van der Waals surface area contributed by atoms with E-state index >= 15 is 0 Å². The summed E-state index contributed by atoms with van der Waals surface area (Å²) in [6, 6.07) is 8.12. The third-order valence-corrected chi connectivity index (χ3v) is 4.00. The fourth-order valence-corrected chi connectivity index (χ4v) is 2.74. The maximum Gasteiger partial charge on any atom is 0.0991 e. The lowest BCUT2D eigenvalue weighted by Gasteiger charge is -2.19. The van der Waals surface area contributed by atoms with E-state index in [-0.39, 0.29) is 0 Å². The third kappa shape index (κ3) is 4.47. The average Bonchev–Trinajstić information content (AvgIpc) is 2.94. The molecule has 1 aliphatic rings. The molecule has 0 saturated heterocycles. The van der Waals surface area contributed by atoms with Crippen molar-refractivity contribution in [1.29, 1.82) is 5.26 Å². The van der Waals surface area contributed by atoms with Crippen LogP contribution in [-0.2, 0) is 13.1 Å². The second kappa shape index (κ2) is 8.78. The van der Waals surface area contributed by atoms with E-state index in [0.29, 0.717) is 0 Å². The van der Waals surface area contributed by atoms with Gasteiger partial charge in [-0.25, -0.2) is 0 Å². The SMILES string of the molecule is C=C(CC)/C(CN1Cc2ccc(C#N)cc2C1)=C(\C)Cl.CC. The summed E-state index contributed by atoms with van der Waals surface area (Å²) in [7, 11) is 0. The van der Waals surface area contributed by atoms with Crippen LogP contribution in [-0.4, -0.2) is 11.4 Å². The molecule has 118 valence electrons. The quantitative estimate of drug-likeness (QED) is 0.697. The maximum absolute atomic E-state index is 8.96. The number of halogens is 1. The second-order valence-corrected chi connectivity index (χ2v) is 5.78. The zero-order valence-corrected chi connectivity index (χ0v) is 14.8. The fourth-order valence-electron chi connectivity index (χ4n) is 2.55. The van der Waals surface area contributed by atoms with Crippen molar-refractivity contribution in [1.82, 2.24) is 4.90 Å². The molecular weight excluding hydrogens is 292 g/mol. The number of nitriles is 1. The lowest BCUT2D eigenvalue weighted by Crippen LogP contribution is -2.20. The minimum absolute atomic E-state index is 0.729. The molecule has 2 rings (SSSR count). The van der Waals surface area contributed by atoms with Crippen molar-refractivity contribution in [3.05, 3.63) is 57.6 Å². The molecule has 2 nitrogen and oxygen atoms in total. The number of allylic oxidation sites excluding steroid dienone is 1. The van der Waals surface area contributed by atoms with E-state index in [1.54, 1.807) is 0 Å². The first kappa shape index (κ1) is 18.5. The van der Waals surface area contributed by atoms with Crippen LogP contribution in [0.5, 0.6) is 0 Å². The van der Waals surface area contributed by atoms with E-state index in [2.05, 4.69) is 30.5 Å². The molecule has 3 heteroatoms. The van der Waals surface area contributed by atoms with Crippen LogP contribution in [0.25, 0.3) is 0 Å². The molecule has 0 unspecified atom stereocenters. The van der Waals surface area contributed by atoms with Gasteiger partial charge in [-0.1, -0.05) is 45.0 Å². The fraction of sp³-hybridized carbons (Fsp3) is 0.421. The van der Waals surface area contributed by atoms with Crippen LogP contribution in [0.15, 0.2) is 41.0 Å². The Kier molecular flexibility index (Phi) is 7.38. The normalized spacial score (nSPS) is 14.4. The van der Waals surface area contributed by atoms with E-state index in [1.165, 1.54) is 11.1 Å². The molecule has 0 aromatic heterocycles. The van der Waals surface area contributed by atoms with Crippen molar-refractivity contribution >= 4 is 11.6 Å². The molecule has 0 amide bonds. The van der Waals surface area contributed by atoms with Gasteiger partial charge in [0.05, 0.1) is 11.6 Å². The Bertz CT molecular complexity index is 604. The molecule has 0 bridgehead atoms. The average molecular weight is 317 g/mol. The number of hydrogen-bond acceptors (Lipinski definition) is 2. The smallest absolute Gasteiger partial charge is 0.0991 e. The monoisotopic (exact) mass is 316 g/mol. The van der Waals surface area contributed by atoms with Crippen LogP contribution < -0.4 is 0 Å². The van der Waals surface area contributed by atoms with Crippen molar-refractivity contribution in [3.63, 3.8) is 0 Å². The molecule has 0 saturated carbocycles. The van der Waals surface area contributed by atoms with Gasteiger partial charge < -0.3 is 0 Å². The van der Waals surface area contributed by atoms with Gasteiger partial charge in [-0.3, -0.25) is 4.90 Å². The van der Waals surface area contributed by atoms with Gasteiger partial charge in [-0.05, 0) is 47.8 Å². The minimum Gasteiger partial charge on any atom is -0.291 e. The zero-order valence-electron chi connectivity index (χ0n) is 14.0. The van der Waals surface area contributed by atoms with Crippen molar-refractivity contribution in [2.45, 2.75) is 47.2 Å². The van der Waals surface area contributed by atoms with E-state index in [1.807, 2.05) is 32.9 Å². The molecule has 0 fully saturated rings.